The van der Waals surface area contributed by atoms with Gasteiger partial charge in [-0.1, -0.05) is 0 Å². The molecule has 0 aromatic heterocycles. The number of hydrogen-bond acceptors (Lipinski definition) is 4. The van der Waals surface area contributed by atoms with E-state index in [0.717, 1.165) is 0 Å². The van der Waals surface area contributed by atoms with E-state index in [2.05, 4.69) is 9.05 Å². The molecule has 68 valence electrons. The lowest BCUT2D eigenvalue weighted by molar-refractivity contribution is 0.233. The van der Waals surface area contributed by atoms with Crippen LogP contribution in [0.2, 0.25) is 0 Å². The number of rotatable bonds is 5. The predicted molar refractivity (Wildman–Crippen MR) is 41.6 cm³/mol. The lowest BCUT2D eigenvalue weighted by Gasteiger charge is -2.11. The summed E-state index contributed by atoms with van der Waals surface area (Å²) in [4.78, 5) is 0. The molecule has 1 atom stereocenters. The van der Waals surface area contributed by atoms with Gasteiger partial charge in [0.15, 0.2) is 0 Å². The van der Waals surface area contributed by atoms with Crippen molar-refractivity contribution in [2.75, 3.05) is 13.2 Å². The zero-order chi connectivity index (χ0) is 8.91. The summed E-state index contributed by atoms with van der Waals surface area (Å²) in [7, 11) is -2.56. The summed E-state index contributed by atoms with van der Waals surface area (Å²) in [5.41, 5.74) is 0. The van der Waals surface area contributed by atoms with Crippen molar-refractivity contribution in [2.24, 2.45) is 0 Å². The molecule has 0 aromatic rings. The summed E-state index contributed by atoms with van der Waals surface area (Å²) < 4.78 is 39.0. The van der Waals surface area contributed by atoms with Gasteiger partial charge in [-0.05, 0) is 13.8 Å². The second-order valence-electron chi connectivity index (χ2n) is 1.51. The van der Waals surface area contributed by atoms with Crippen LogP contribution in [0.5, 0.6) is 0 Å². The van der Waals surface area contributed by atoms with Crippen molar-refractivity contribution < 1.29 is 22.4 Å². The topological polar surface area (TPSA) is 72.8 Å². The van der Waals surface area contributed by atoms with Crippen molar-refractivity contribution in [1.29, 1.82) is 0 Å². The van der Waals surface area contributed by atoms with Crippen molar-refractivity contribution in [1.82, 2.24) is 0 Å². The molecule has 0 aliphatic heterocycles. The van der Waals surface area contributed by atoms with E-state index in [1.807, 2.05) is 0 Å². The van der Waals surface area contributed by atoms with E-state index in [-0.39, 0.29) is 13.2 Å². The van der Waals surface area contributed by atoms with Crippen LogP contribution in [-0.4, -0.2) is 22.0 Å². The van der Waals surface area contributed by atoms with Gasteiger partial charge in [0.2, 0.25) is 0 Å². The summed E-state index contributed by atoms with van der Waals surface area (Å²) in [6.07, 6.45) is 0. The second-order valence-corrected chi connectivity index (χ2v) is 5.66. The first-order valence-corrected chi connectivity index (χ1v) is 6.33. The van der Waals surface area contributed by atoms with Gasteiger partial charge in [0, 0.05) is 0 Å². The van der Waals surface area contributed by atoms with E-state index in [9.17, 15) is 8.77 Å². The second kappa shape index (κ2) is 5.00. The molecule has 1 unspecified atom stereocenters. The van der Waals surface area contributed by atoms with Gasteiger partial charge in [-0.3, -0.25) is 13.6 Å². The number of hydrogen-bond donors (Lipinski definition) is 1. The SMILES string of the molecule is CCOP(=O)(OCC)S(=O)O. The average molecular weight is 202 g/mol. The van der Waals surface area contributed by atoms with E-state index >= 15 is 0 Å². The Bertz CT molecular complexity index is 171. The zero-order valence-corrected chi connectivity index (χ0v) is 8.06. The Morgan fingerprint density at radius 3 is 1.91 bits per heavy atom. The molecule has 0 aliphatic carbocycles. The van der Waals surface area contributed by atoms with E-state index < -0.39 is 17.5 Å². The molecule has 5 nitrogen and oxygen atoms in total. The van der Waals surface area contributed by atoms with Crippen LogP contribution in [0.4, 0.5) is 0 Å². The molecule has 0 heterocycles. The van der Waals surface area contributed by atoms with Crippen LogP contribution in [0.15, 0.2) is 0 Å². The van der Waals surface area contributed by atoms with E-state index in [1.165, 1.54) is 0 Å². The largest absolute Gasteiger partial charge is 0.444 e. The summed E-state index contributed by atoms with van der Waals surface area (Å²) in [6, 6.07) is 0. The Morgan fingerprint density at radius 1 is 1.36 bits per heavy atom. The highest BCUT2D eigenvalue weighted by Crippen LogP contribution is 2.50. The quantitative estimate of drug-likeness (QED) is 0.538. The maximum absolute atomic E-state index is 11.1. The van der Waals surface area contributed by atoms with Crippen LogP contribution in [0.25, 0.3) is 0 Å². The van der Waals surface area contributed by atoms with E-state index in [0.29, 0.717) is 0 Å². The molecular formula is C4H11O5PS. The van der Waals surface area contributed by atoms with Gasteiger partial charge in [-0.15, -0.1) is 0 Å². The van der Waals surface area contributed by atoms with Gasteiger partial charge in [0.25, 0.3) is 10.7 Å². The van der Waals surface area contributed by atoms with Gasteiger partial charge >= 0.3 is 6.80 Å². The monoisotopic (exact) mass is 202 g/mol. The minimum atomic E-state index is -3.76. The summed E-state index contributed by atoms with van der Waals surface area (Å²) >= 11 is 0. The van der Waals surface area contributed by atoms with Gasteiger partial charge in [0.1, 0.15) is 0 Å². The van der Waals surface area contributed by atoms with Crippen molar-refractivity contribution in [3.63, 3.8) is 0 Å². The maximum atomic E-state index is 11.1. The fourth-order valence-electron chi connectivity index (χ4n) is 0.444. The van der Waals surface area contributed by atoms with Crippen molar-refractivity contribution in [3.8, 4) is 0 Å². The molecule has 11 heavy (non-hydrogen) atoms. The Balaban J connectivity index is 4.27. The third-order valence-electron chi connectivity index (χ3n) is 0.766. The highest BCUT2D eigenvalue weighted by molar-refractivity contribution is 8.42. The van der Waals surface area contributed by atoms with Crippen LogP contribution in [0.3, 0.4) is 0 Å². The fraction of sp³-hybridized carbons (Fsp3) is 1.00. The molecule has 0 bridgehead atoms. The molecule has 0 aliphatic rings. The van der Waals surface area contributed by atoms with Crippen LogP contribution < -0.4 is 0 Å². The molecule has 0 saturated carbocycles. The van der Waals surface area contributed by atoms with Crippen LogP contribution in [0, 0.1) is 0 Å². The summed E-state index contributed by atoms with van der Waals surface area (Å²) in [5, 5.41) is 0. The minimum Gasteiger partial charge on any atom is -0.298 e. The lowest BCUT2D eigenvalue weighted by atomic mass is 10.9. The highest BCUT2D eigenvalue weighted by Gasteiger charge is 2.31. The third-order valence-corrected chi connectivity index (χ3v) is 4.08. The summed E-state index contributed by atoms with van der Waals surface area (Å²) in [5.74, 6) is 0. The molecule has 0 amide bonds. The molecule has 1 N–H and O–H groups in total. The Hall–Kier alpha value is 0.260. The first-order valence-electron chi connectivity index (χ1n) is 3.07. The van der Waals surface area contributed by atoms with Gasteiger partial charge in [0.05, 0.1) is 13.2 Å². The van der Waals surface area contributed by atoms with Crippen LogP contribution in [0.1, 0.15) is 13.8 Å². The van der Waals surface area contributed by atoms with Crippen molar-refractivity contribution in [3.05, 3.63) is 0 Å². The van der Waals surface area contributed by atoms with Crippen LogP contribution >= 0.6 is 6.80 Å². The molecule has 0 spiro atoms. The first-order chi connectivity index (χ1) is 5.06. The third kappa shape index (κ3) is 3.44. The molecule has 0 rings (SSSR count). The Kier molecular flexibility index (Phi) is 5.12. The summed E-state index contributed by atoms with van der Waals surface area (Å²) in [6.45, 7) is -0.454. The zero-order valence-electron chi connectivity index (χ0n) is 6.35. The smallest absolute Gasteiger partial charge is 0.298 e. The Morgan fingerprint density at radius 2 is 1.73 bits per heavy atom. The minimum absolute atomic E-state index is 0.0869. The Labute approximate surface area is 67.7 Å². The van der Waals surface area contributed by atoms with E-state index in [4.69, 9.17) is 4.55 Å². The highest BCUT2D eigenvalue weighted by atomic mass is 32.8. The molecular weight excluding hydrogens is 191 g/mol. The van der Waals surface area contributed by atoms with Crippen LogP contribution in [-0.2, 0) is 24.3 Å². The molecule has 0 radical (unpaired) electrons. The van der Waals surface area contributed by atoms with Gasteiger partial charge in [-0.2, -0.15) is 0 Å². The fourth-order valence-corrected chi connectivity index (χ4v) is 2.50. The molecule has 0 saturated heterocycles. The van der Waals surface area contributed by atoms with Gasteiger partial charge in [-0.25, -0.2) is 8.77 Å². The lowest BCUT2D eigenvalue weighted by Crippen LogP contribution is -2.00. The van der Waals surface area contributed by atoms with Crippen molar-refractivity contribution in [2.45, 2.75) is 13.8 Å². The predicted octanol–water partition coefficient (Wildman–Crippen LogP) is 1.39. The molecule has 0 aromatic carbocycles. The van der Waals surface area contributed by atoms with Crippen molar-refractivity contribution >= 4 is 17.5 Å². The molecule has 0 fully saturated rings. The maximum Gasteiger partial charge on any atom is 0.444 e. The molecule has 7 heteroatoms. The normalized spacial score (nSPS) is 14.8. The standard InChI is InChI=1S/C4H11O5PS/c1-3-8-10(5,9-4-2)11(6)7/h3-4H2,1-2H3,(H,6,7). The van der Waals surface area contributed by atoms with E-state index in [1.54, 1.807) is 13.8 Å². The first kappa shape index (κ1) is 11.3. The van der Waals surface area contributed by atoms with Gasteiger partial charge < -0.3 is 0 Å². The average Bonchev–Trinajstić information content (AvgIpc) is 1.88.